The molecule has 0 spiro atoms. The fourth-order valence-electron chi connectivity index (χ4n) is 2.41. The molecular formula is C18H13Cl4N3O2S. The summed E-state index contributed by atoms with van der Waals surface area (Å²) in [6.07, 6.45) is 0.0433. The van der Waals surface area contributed by atoms with Gasteiger partial charge in [0.25, 0.3) is 0 Å². The lowest BCUT2D eigenvalue weighted by Crippen LogP contribution is -2.43. The fourth-order valence-corrected chi connectivity index (χ4v) is 4.29. The van der Waals surface area contributed by atoms with Crippen molar-refractivity contribution in [2.75, 3.05) is 12.4 Å². The molecule has 0 aromatic heterocycles. The standard InChI is InChI=1S/C18H13Cl4N3O2S/c1-25-16(26)8-15(17(27)23-12-5-9(19)4-10(20)6-12)28-18(25)24-11-2-3-13(21)14(22)7-11/h2-7,15H,8H2,1H3,(H,23,27). The van der Waals surface area contributed by atoms with Crippen LogP contribution in [0.15, 0.2) is 41.4 Å². The molecule has 146 valence electrons. The van der Waals surface area contributed by atoms with Crippen molar-refractivity contribution in [3.63, 3.8) is 0 Å². The summed E-state index contributed by atoms with van der Waals surface area (Å²) in [5, 5.41) is 4.03. The number of nitrogens with zero attached hydrogens (tertiary/aromatic N) is 2. The molecule has 10 heteroatoms. The Morgan fingerprint density at radius 1 is 1.11 bits per heavy atom. The van der Waals surface area contributed by atoms with Crippen LogP contribution in [0.2, 0.25) is 20.1 Å². The maximum Gasteiger partial charge on any atom is 0.238 e. The van der Waals surface area contributed by atoms with E-state index < -0.39 is 5.25 Å². The van der Waals surface area contributed by atoms with Crippen molar-refractivity contribution in [1.82, 2.24) is 4.90 Å². The molecule has 1 heterocycles. The highest BCUT2D eigenvalue weighted by Gasteiger charge is 2.34. The number of amidine groups is 1. The minimum absolute atomic E-state index is 0.0433. The van der Waals surface area contributed by atoms with Crippen molar-refractivity contribution in [3.8, 4) is 0 Å². The third kappa shape index (κ3) is 5.13. The summed E-state index contributed by atoms with van der Waals surface area (Å²) in [5.74, 6) is -0.562. The number of aliphatic imine (C=N–C) groups is 1. The predicted octanol–water partition coefficient (Wildman–Crippen LogP) is 5.89. The van der Waals surface area contributed by atoms with Crippen LogP contribution < -0.4 is 5.32 Å². The normalized spacial score (nSPS) is 18.5. The lowest BCUT2D eigenvalue weighted by atomic mass is 10.2. The molecule has 1 atom stereocenters. The van der Waals surface area contributed by atoms with E-state index in [-0.39, 0.29) is 18.2 Å². The second kappa shape index (κ2) is 8.93. The highest BCUT2D eigenvalue weighted by molar-refractivity contribution is 8.15. The molecule has 0 radical (unpaired) electrons. The highest BCUT2D eigenvalue weighted by atomic mass is 35.5. The topological polar surface area (TPSA) is 61.8 Å². The van der Waals surface area contributed by atoms with Gasteiger partial charge in [-0.1, -0.05) is 58.2 Å². The average Bonchev–Trinajstić information content (AvgIpc) is 2.61. The van der Waals surface area contributed by atoms with Crippen LogP contribution in [-0.2, 0) is 9.59 Å². The van der Waals surface area contributed by atoms with Gasteiger partial charge in [-0.05, 0) is 36.4 Å². The van der Waals surface area contributed by atoms with Crippen LogP contribution in [0.5, 0.6) is 0 Å². The van der Waals surface area contributed by atoms with Crippen molar-refractivity contribution in [2.45, 2.75) is 11.7 Å². The first-order valence-corrected chi connectivity index (χ1v) is 10.4. The number of anilines is 1. The molecule has 0 saturated carbocycles. The van der Waals surface area contributed by atoms with Gasteiger partial charge in [0.15, 0.2) is 5.17 Å². The van der Waals surface area contributed by atoms with Gasteiger partial charge in [0.1, 0.15) is 5.25 Å². The monoisotopic (exact) mass is 475 g/mol. The Morgan fingerprint density at radius 3 is 2.43 bits per heavy atom. The molecule has 0 bridgehead atoms. The molecule has 28 heavy (non-hydrogen) atoms. The summed E-state index contributed by atoms with van der Waals surface area (Å²) in [6, 6.07) is 9.61. The van der Waals surface area contributed by atoms with Gasteiger partial charge in [-0.3, -0.25) is 14.5 Å². The zero-order chi connectivity index (χ0) is 20.4. The molecule has 1 aliphatic heterocycles. The van der Waals surface area contributed by atoms with Gasteiger partial charge >= 0.3 is 0 Å². The first-order chi connectivity index (χ1) is 13.2. The van der Waals surface area contributed by atoms with E-state index in [0.717, 1.165) is 0 Å². The van der Waals surface area contributed by atoms with Gasteiger partial charge in [-0.15, -0.1) is 0 Å². The summed E-state index contributed by atoms with van der Waals surface area (Å²) in [5.41, 5.74) is 0.983. The van der Waals surface area contributed by atoms with E-state index in [4.69, 9.17) is 46.4 Å². The zero-order valence-corrected chi connectivity index (χ0v) is 18.2. The number of hydrogen-bond acceptors (Lipinski definition) is 4. The Hall–Kier alpha value is -1.44. The number of carbonyl (C=O) groups excluding carboxylic acids is 2. The molecule has 1 aliphatic rings. The van der Waals surface area contributed by atoms with E-state index in [9.17, 15) is 9.59 Å². The number of benzene rings is 2. The maximum atomic E-state index is 12.7. The second-order valence-electron chi connectivity index (χ2n) is 5.90. The number of hydrogen-bond donors (Lipinski definition) is 1. The molecule has 1 unspecified atom stereocenters. The summed E-state index contributed by atoms with van der Waals surface area (Å²) < 4.78 is 0. The molecule has 0 aliphatic carbocycles. The number of rotatable bonds is 3. The number of thioether (sulfide) groups is 1. The van der Waals surface area contributed by atoms with E-state index in [1.165, 1.54) is 16.7 Å². The Bertz CT molecular complexity index is 963. The SMILES string of the molecule is CN1C(=O)CC(C(=O)Nc2cc(Cl)cc(Cl)c2)SC1=Nc1ccc(Cl)c(Cl)c1. The summed E-state index contributed by atoms with van der Waals surface area (Å²) >= 11 is 25.0. The summed E-state index contributed by atoms with van der Waals surface area (Å²) in [7, 11) is 1.61. The average molecular weight is 477 g/mol. The summed E-state index contributed by atoms with van der Waals surface area (Å²) in [4.78, 5) is 30.9. The van der Waals surface area contributed by atoms with Gasteiger partial charge in [-0.2, -0.15) is 0 Å². The minimum Gasteiger partial charge on any atom is -0.325 e. The van der Waals surface area contributed by atoms with Crippen LogP contribution in [0.1, 0.15) is 6.42 Å². The molecule has 1 saturated heterocycles. The van der Waals surface area contributed by atoms with Gasteiger partial charge < -0.3 is 5.32 Å². The van der Waals surface area contributed by atoms with Crippen molar-refractivity contribution in [2.24, 2.45) is 4.99 Å². The van der Waals surface area contributed by atoms with Gasteiger partial charge in [0.2, 0.25) is 11.8 Å². The second-order valence-corrected chi connectivity index (χ2v) is 8.76. The first kappa shape index (κ1) is 21.3. The fraction of sp³-hybridized carbons (Fsp3) is 0.167. The molecular weight excluding hydrogens is 464 g/mol. The third-order valence-electron chi connectivity index (χ3n) is 3.82. The van der Waals surface area contributed by atoms with Crippen molar-refractivity contribution < 1.29 is 9.59 Å². The predicted molar refractivity (Wildman–Crippen MR) is 117 cm³/mol. The van der Waals surface area contributed by atoms with Crippen LogP contribution in [-0.4, -0.2) is 34.2 Å². The number of halogens is 4. The number of amides is 2. The van der Waals surface area contributed by atoms with Crippen LogP contribution in [0.25, 0.3) is 0 Å². The molecule has 2 aromatic rings. The Kier molecular flexibility index (Phi) is 6.78. The lowest BCUT2D eigenvalue weighted by molar-refractivity contribution is -0.128. The van der Waals surface area contributed by atoms with Crippen LogP contribution >= 0.6 is 58.2 Å². The van der Waals surface area contributed by atoms with E-state index >= 15 is 0 Å². The zero-order valence-electron chi connectivity index (χ0n) is 14.4. The van der Waals surface area contributed by atoms with Crippen LogP contribution in [0, 0.1) is 0 Å². The molecule has 1 fully saturated rings. The van der Waals surface area contributed by atoms with Crippen molar-refractivity contribution in [3.05, 3.63) is 56.5 Å². The Morgan fingerprint density at radius 2 is 1.79 bits per heavy atom. The minimum atomic E-state index is -0.650. The number of carbonyl (C=O) groups is 2. The largest absolute Gasteiger partial charge is 0.325 e. The lowest BCUT2D eigenvalue weighted by Gasteiger charge is -2.28. The molecule has 2 aromatic carbocycles. The van der Waals surface area contributed by atoms with E-state index in [1.807, 2.05) is 0 Å². The molecule has 2 amide bonds. The van der Waals surface area contributed by atoms with Crippen LogP contribution in [0.3, 0.4) is 0 Å². The van der Waals surface area contributed by atoms with Crippen molar-refractivity contribution in [1.29, 1.82) is 0 Å². The first-order valence-electron chi connectivity index (χ1n) is 7.97. The van der Waals surface area contributed by atoms with Gasteiger partial charge in [0.05, 0.1) is 15.7 Å². The van der Waals surface area contributed by atoms with Crippen molar-refractivity contribution >= 4 is 86.5 Å². The highest BCUT2D eigenvalue weighted by Crippen LogP contribution is 2.32. The smallest absolute Gasteiger partial charge is 0.238 e. The van der Waals surface area contributed by atoms with E-state index in [2.05, 4.69) is 10.3 Å². The molecule has 5 nitrogen and oxygen atoms in total. The quantitative estimate of drug-likeness (QED) is 0.600. The van der Waals surface area contributed by atoms with Gasteiger partial charge in [0, 0.05) is 29.2 Å². The Balaban J connectivity index is 1.81. The van der Waals surface area contributed by atoms with E-state index in [1.54, 1.807) is 43.4 Å². The molecule has 3 rings (SSSR count). The number of nitrogens with one attached hydrogen (secondary N) is 1. The maximum absolute atomic E-state index is 12.7. The van der Waals surface area contributed by atoms with Crippen LogP contribution in [0.4, 0.5) is 11.4 Å². The van der Waals surface area contributed by atoms with Gasteiger partial charge in [-0.25, -0.2) is 4.99 Å². The molecule has 1 N–H and O–H groups in total. The summed E-state index contributed by atoms with van der Waals surface area (Å²) in [6.45, 7) is 0. The van der Waals surface area contributed by atoms with E-state index in [0.29, 0.717) is 36.6 Å². The Labute approximate surface area is 186 Å². The third-order valence-corrected chi connectivity index (χ3v) is 6.24.